The van der Waals surface area contributed by atoms with Gasteiger partial charge in [0.15, 0.2) is 0 Å². The van der Waals surface area contributed by atoms with Crippen molar-refractivity contribution in [2.24, 2.45) is 0 Å². The number of rotatable bonds is 7. The molecule has 0 radical (unpaired) electrons. The average Bonchev–Trinajstić information content (AvgIpc) is 2.60. The van der Waals surface area contributed by atoms with Crippen LogP contribution in [0.3, 0.4) is 0 Å². The Morgan fingerprint density at radius 3 is 2.71 bits per heavy atom. The molecular weight excluding hydrogens is 324 g/mol. The summed E-state index contributed by atoms with van der Waals surface area (Å²) in [5.41, 5.74) is 0. The first-order chi connectivity index (χ1) is 7.91. The van der Waals surface area contributed by atoms with Gasteiger partial charge in [0, 0.05) is 28.5 Å². The Hall–Kier alpha value is 0.0500. The Balaban J connectivity index is 2.37. The lowest BCUT2D eigenvalue weighted by Gasteiger charge is -2.09. The first-order valence-electron chi connectivity index (χ1n) is 5.33. The summed E-state index contributed by atoms with van der Waals surface area (Å²) < 4.78 is 26.9. The van der Waals surface area contributed by atoms with Crippen molar-refractivity contribution < 1.29 is 8.42 Å². The Morgan fingerprint density at radius 2 is 2.18 bits per heavy atom. The third-order valence-electron chi connectivity index (χ3n) is 2.07. The van der Waals surface area contributed by atoms with Gasteiger partial charge >= 0.3 is 0 Å². The van der Waals surface area contributed by atoms with Crippen LogP contribution in [0.2, 0.25) is 0 Å². The van der Waals surface area contributed by atoms with E-state index >= 15 is 0 Å². The van der Waals surface area contributed by atoms with Crippen LogP contribution in [-0.2, 0) is 16.6 Å². The third-order valence-corrected chi connectivity index (χ3v) is 5.32. The second-order valence-electron chi connectivity index (χ2n) is 3.94. The molecule has 1 aromatic rings. The van der Waals surface area contributed by atoms with Gasteiger partial charge in [-0.15, -0.1) is 11.3 Å². The first-order valence-corrected chi connectivity index (χ1v) is 8.66. The molecule has 0 saturated carbocycles. The molecule has 1 rings (SSSR count). The molecule has 4 nitrogen and oxygen atoms in total. The number of thiophene rings is 1. The summed E-state index contributed by atoms with van der Waals surface area (Å²) in [6, 6.07) is 2.21. The summed E-state index contributed by atoms with van der Waals surface area (Å²) in [4.78, 5) is 0.991. The number of nitrogens with one attached hydrogen (secondary N) is 2. The van der Waals surface area contributed by atoms with E-state index in [1.807, 2.05) is 25.3 Å². The summed E-state index contributed by atoms with van der Waals surface area (Å²) in [7, 11) is -3.20. The lowest BCUT2D eigenvalue weighted by molar-refractivity contribution is 0.567. The molecule has 0 fully saturated rings. The van der Waals surface area contributed by atoms with Crippen molar-refractivity contribution in [1.82, 2.24) is 10.0 Å². The highest BCUT2D eigenvalue weighted by Crippen LogP contribution is 2.22. The third kappa shape index (κ3) is 5.96. The topological polar surface area (TPSA) is 58.2 Å². The summed E-state index contributed by atoms with van der Waals surface area (Å²) >= 11 is 4.90. The molecular formula is C10H17BrN2O2S2. The number of hydrogen-bond donors (Lipinski definition) is 2. The predicted octanol–water partition coefficient (Wildman–Crippen LogP) is 1.93. The fourth-order valence-corrected chi connectivity index (χ4v) is 3.60. The summed E-state index contributed by atoms with van der Waals surface area (Å²) in [6.07, 6.45) is 0. The first kappa shape index (κ1) is 15.1. The standard InChI is InChI=1S/C10H17BrN2O2S2/c1-8(2)12-4-6-17(14,15)13-7-10-9(11)3-5-16-10/h3,5,8,12-13H,4,6-7H2,1-2H3. The maximum Gasteiger partial charge on any atom is 0.213 e. The zero-order valence-corrected chi connectivity index (χ0v) is 13.1. The molecule has 0 aliphatic carbocycles. The summed E-state index contributed by atoms with van der Waals surface area (Å²) in [5.74, 6) is 0.105. The molecule has 0 amide bonds. The fraction of sp³-hybridized carbons (Fsp3) is 0.600. The Morgan fingerprint density at radius 1 is 1.47 bits per heavy atom. The van der Waals surface area contributed by atoms with Crippen LogP contribution in [0.4, 0.5) is 0 Å². The molecule has 7 heteroatoms. The Kier molecular flexibility index (Phi) is 6.08. The smallest absolute Gasteiger partial charge is 0.213 e. The van der Waals surface area contributed by atoms with Gasteiger partial charge in [-0.1, -0.05) is 13.8 Å². The zero-order valence-electron chi connectivity index (χ0n) is 9.86. The lowest BCUT2D eigenvalue weighted by atomic mass is 10.4. The Bertz CT molecular complexity index is 443. The van der Waals surface area contributed by atoms with Gasteiger partial charge in [-0.3, -0.25) is 0 Å². The normalized spacial score (nSPS) is 12.2. The highest BCUT2D eigenvalue weighted by Gasteiger charge is 2.11. The maximum absolute atomic E-state index is 11.7. The maximum atomic E-state index is 11.7. The molecule has 0 aliphatic rings. The van der Waals surface area contributed by atoms with Crippen LogP contribution in [0, 0.1) is 0 Å². The van der Waals surface area contributed by atoms with E-state index in [4.69, 9.17) is 0 Å². The lowest BCUT2D eigenvalue weighted by Crippen LogP contribution is -2.34. The van der Waals surface area contributed by atoms with Crippen molar-refractivity contribution in [3.63, 3.8) is 0 Å². The van der Waals surface area contributed by atoms with Crippen LogP contribution < -0.4 is 10.0 Å². The molecule has 0 saturated heterocycles. The van der Waals surface area contributed by atoms with E-state index < -0.39 is 10.0 Å². The van der Waals surface area contributed by atoms with Crippen LogP contribution in [0.5, 0.6) is 0 Å². The van der Waals surface area contributed by atoms with Gasteiger partial charge < -0.3 is 5.32 Å². The fourth-order valence-electron chi connectivity index (χ4n) is 1.18. The van der Waals surface area contributed by atoms with Crippen molar-refractivity contribution in [2.45, 2.75) is 26.4 Å². The molecule has 0 unspecified atom stereocenters. The molecule has 1 aromatic heterocycles. The van der Waals surface area contributed by atoms with Crippen LogP contribution in [0.25, 0.3) is 0 Å². The van der Waals surface area contributed by atoms with Crippen molar-refractivity contribution in [3.05, 3.63) is 20.8 Å². The van der Waals surface area contributed by atoms with Crippen LogP contribution in [0.15, 0.2) is 15.9 Å². The van der Waals surface area contributed by atoms with Crippen molar-refractivity contribution in [2.75, 3.05) is 12.3 Å². The molecule has 1 heterocycles. The second kappa shape index (κ2) is 6.84. The van der Waals surface area contributed by atoms with Crippen LogP contribution in [-0.4, -0.2) is 26.8 Å². The monoisotopic (exact) mass is 340 g/mol. The van der Waals surface area contributed by atoms with Crippen molar-refractivity contribution >= 4 is 37.3 Å². The van der Waals surface area contributed by atoms with Crippen molar-refractivity contribution in [1.29, 1.82) is 0 Å². The van der Waals surface area contributed by atoms with Gasteiger partial charge in [-0.25, -0.2) is 13.1 Å². The molecule has 98 valence electrons. The van der Waals surface area contributed by atoms with Gasteiger partial charge in [0.05, 0.1) is 5.75 Å². The molecule has 0 bridgehead atoms. The van der Waals surface area contributed by atoms with Gasteiger partial charge in [0.25, 0.3) is 0 Å². The van der Waals surface area contributed by atoms with Crippen LogP contribution in [0.1, 0.15) is 18.7 Å². The van der Waals surface area contributed by atoms with Gasteiger partial charge in [-0.05, 0) is 27.4 Å². The predicted molar refractivity (Wildman–Crippen MR) is 75.8 cm³/mol. The minimum atomic E-state index is -3.20. The Labute approximate surface area is 115 Å². The van der Waals surface area contributed by atoms with Gasteiger partial charge in [-0.2, -0.15) is 0 Å². The SMILES string of the molecule is CC(C)NCCS(=O)(=O)NCc1sccc1Br. The second-order valence-corrected chi connectivity index (χ2v) is 7.72. The molecule has 0 aromatic carbocycles. The number of halogens is 1. The minimum absolute atomic E-state index is 0.105. The molecule has 2 N–H and O–H groups in total. The van der Waals surface area contributed by atoms with Gasteiger partial charge in [0.1, 0.15) is 0 Å². The highest BCUT2D eigenvalue weighted by molar-refractivity contribution is 9.10. The minimum Gasteiger partial charge on any atom is -0.313 e. The van der Waals surface area contributed by atoms with E-state index in [1.165, 1.54) is 11.3 Å². The van der Waals surface area contributed by atoms with E-state index in [2.05, 4.69) is 26.0 Å². The molecule has 0 spiro atoms. The highest BCUT2D eigenvalue weighted by atomic mass is 79.9. The van der Waals surface area contributed by atoms with E-state index in [0.29, 0.717) is 19.1 Å². The van der Waals surface area contributed by atoms with E-state index in [0.717, 1.165) is 9.35 Å². The van der Waals surface area contributed by atoms with E-state index in [-0.39, 0.29) is 5.75 Å². The average molecular weight is 341 g/mol. The van der Waals surface area contributed by atoms with E-state index in [9.17, 15) is 8.42 Å². The molecule has 0 aliphatic heterocycles. The largest absolute Gasteiger partial charge is 0.313 e. The molecule has 17 heavy (non-hydrogen) atoms. The summed E-state index contributed by atoms with van der Waals surface area (Å²) in [5, 5.41) is 5.00. The van der Waals surface area contributed by atoms with Gasteiger partial charge in [0.2, 0.25) is 10.0 Å². The quantitative estimate of drug-likeness (QED) is 0.797. The van der Waals surface area contributed by atoms with Crippen LogP contribution >= 0.6 is 27.3 Å². The number of hydrogen-bond acceptors (Lipinski definition) is 4. The number of sulfonamides is 1. The molecule has 0 atom stereocenters. The zero-order chi connectivity index (χ0) is 12.9. The summed E-state index contributed by atoms with van der Waals surface area (Å²) in [6.45, 7) is 4.80. The van der Waals surface area contributed by atoms with Crippen molar-refractivity contribution in [3.8, 4) is 0 Å². The van der Waals surface area contributed by atoms with E-state index in [1.54, 1.807) is 0 Å².